The SMILES string of the molecule is C/C=C/CCCCC(C)OC(=O)NC. The Balaban J connectivity index is 3.35. The first-order chi connectivity index (χ1) is 6.70. The second-order valence-corrected chi connectivity index (χ2v) is 3.32. The zero-order valence-electron chi connectivity index (χ0n) is 9.38. The fourth-order valence-corrected chi connectivity index (χ4v) is 1.16. The summed E-state index contributed by atoms with van der Waals surface area (Å²) >= 11 is 0. The van der Waals surface area contributed by atoms with E-state index in [9.17, 15) is 4.79 Å². The molecule has 0 fully saturated rings. The molecule has 0 saturated heterocycles. The molecule has 0 saturated carbocycles. The molecule has 0 heterocycles. The zero-order chi connectivity index (χ0) is 10.8. The molecule has 0 aromatic heterocycles. The van der Waals surface area contributed by atoms with Gasteiger partial charge in [-0.25, -0.2) is 4.79 Å². The van der Waals surface area contributed by atoms with Crippen LogP contribution in [0.25, 0.3) is 0 Å². The van der Waals surface area contributed by atoms with Crippen molar-refractivity contribution in [3.63, 3.8) is 0 Å². The molecular weight excluding hydrogens is 178 g/mol. The molecule has 0 aliphatic heterocycles. The van der Waals surface area contributed by atoms with Crippen LogP contribution in [0.4, 0.5) is 4.79 Å². The van der Waals surface area contributed by atoms with Crippen LogP contribution < -0.4 is 5.32 Å². The predicted molar refractivity (Wildman–Crippen MR) is 58.3 cm³/mol. The van der Waals surface area contributed by atoms with E-state index in [0.717, 1.165) is 25.7 Å². The monoisotopic (exact) mass is 199 g/mol. The third-order valence-electron chi connectivity index (χ3n) is 1.98. The van der Waals surface area contributed by atoms with E-state index in [2.05, 4.69) is 17.5 Å². The third-order valence-corrected chi connectivity index (χ3v) is 1.98. The zero-order valence-corrected chi connectivity index (χ0v) is 9.38. The predicted octanol–water partition coefficient (Wildman–Crippen LogP) is 2.87. The van der Waals surface area contributed by atoms with Crippen molar-refractivity contribution in [2.24, 2.45) is 0 Å². The molecule has 1 N–H and O–H groups in total. The van der Waals surface area contributed by atoms with E-state index in [0.29, 0.717) is 0 Å². The highest BCUT2D eigenvalue weighted by Gasteiger charge is 2.06. The average molecular weight is 199 g/mol. The number of unbranched alkanes of at least 4 members (excludes halogenated alkanes) is 2. The highest BCUT2D eigenvalue weighted by atomic mass is 16.6. The lowest BCUT2D eigenvalue weighted by molar-refractivity contribution is 0.103. The summed E-state index contributed by atoms with van der Waals surface area (Å²) in [5.41, 5.74) is 0. The Morgan fingerprint density at radius 2 is 2.21 bits per heavy atom. The molecule has 0 bridgehead atoms. The summed E-state index contributed by atoms with van der Waals surface area (Å²) in [6.07, 6.45) is 8.20. The molecular formula is C11H21NO2. The smallest absolute Gasteiger partial charge is 0.407 e. The van der Waals surface area contributed by atoms with Gasteiger partial charge in [-0.05, 0) is 39.5 Å². The Labute approximate surface area is 86.5 Å². The van der Waals surface area contributed by atoms with Crippen molar-refractivity contribution in [1.82, 2.24) is 5.32 Å². The standard InChI is InChI=1S/C11H21NO2/c1-4-5-6-7-8-9-10(2)14-11(13)12-3/h4-5,10H,6-9H2,1-3H3,(H,12,13)/b5-4+. The summed E-state index contributed by atoms with van der Waals surface area (Å²) in [6.45, 7) is 3.95. The van der Waals surface area contributed by atoms with Crippen molar-refractivity contribution in [1.29, 1.82) is 0 Å². The van der Waals surface area contributed by atoms with E-state index in [1.54, 1.807) is 7.05 Å². The topological polar surface area (TPSA) is 38.3 Å². The number of rotatable bonds is 6. The number of carbonyl (C=O) groups excluding carboxylic acids is 1. The van der Waals surface area contributed by atoms with Crippen LogP contribution >= 0.6 is 0 Å². The van der Waals surface area contributed by atoms with E-state index in [1.807, 2.05) is 13.8 Å². The second kappa shape index (κ2) is 8.60. The number of alkyl carbamates (subject to hydrolysis) is 1. The van der Waals surface area contributed by atoms with Gasteiger partial charge < -0.3 is 10.1 Å². The molecule has 0 aromatic rings. The van der Waals surface area contributed by atoms with Crippen molar-refractivity contribution >= 4 is 6.09 Å². The van der Waals surface area contributed by atoms with Gasteiger partial charge in [0.1, 0.15) is 6.10 Å². The molecule has 1 atom stereocenters. The maximum atomic E-state index is 10.8. The van der Waals surface area contributed by atoms with Gasteiger partial charge in [0.2, 0.25) is 0 Å². The average Bonchev–Trinajstić information content (AvgIpc) is 2.17. The number of carbonyl (C=O) groups is 1. The van der Waals surface area contributed by atoms with Crippen molar-refractivity contribution in [3.05, 3.63) is 12.2 Å². The van der Waals surface area contributed by atoms with Gasteiger partial charge in [0, 0.05) is 7.05 Å². The van der Waals surface area contributed by atoms with Gasteiger partial charge >= 0.3 is 6.09 Å². The van der Waals surface area contributed by atoms with Crippen molar-refractivity contribution < 1.29 is 9.53 Å². The lowest BCUT2D eigenvalue weighted by Gasteiger charge is -2.11. The lowest BCUT2D eigenvalue weighted by atomic mass is 10.1. The highest BCUT2D eigenvalue weighted by Crippen LogP contribution is 2.06. The largest absolute Gasteiger partial charge is 0.447 e. The highest BCUT2D eigenvalue weighted by molar-refractivity contribution is 5.66. The minimum atomic E-state index is -0.342. The molecule has 0 spiro atoms. The molecule has 0 aliphatic rings. The normalized spacial score (nSPS) is 12.8. The first-order valence-corrected chi connectivity index (χ1v) is 5.20. The summed E-state index contributed by atoms with van der Waals surface area (Å²) in [4.78, 5) is 10.8. The fraction of sp³-hybridized carbons (Fsp3) is 0.727. The first kappa shape index (κ1) is 13.0. The van der Waals surface area contributed by atoms with E-state index >= 15 is 0 Å². The Bertz CT molecular complexity index is 178. The summed E-state index contributed by atoms with van der Waals surface area (Å²) in [5.74, 6) is 0. The molecule has 1 amide bonds. The van der Waals surface area contributed by atoms with E-state index in [4.69, 9.17) is 4.74 Å². The van der Waals surface area contributed by atoms with E-state index in [1.165, 1.54) is 0 Å². The Hall–Kier alpha value is -0.990. The minimum Gasteiger partial charge on any atom is -0.447 e. The van der Waals surface area contributed by atoms with Crippen LogP contribution in [-0.2, 0) is 4.74 Å². The van der Waals surface area contributed by atoms with E-state index < -0.39 is 0 Å². The number of nitrogens with one attached hydrogen (secondary N) is 1. The van der Waals surface area contributed by atoms with Gasteiger partial charge in [0.05, 0.1) is 0 Å². The van der Waals surface area contributed by atoms with Crippen LogP contribution in [0.3, 0.4) is 0 Å². The maximum absolute atomic E-state index is 10.8. The van der Waals surface area contributed by atoms with Crippen LogP contribution in [0.15, 0.2) is 12.2 Å². The van der Waals surface area contributed by atoms with Gasteiger partial charge in [0.15, 0.2) is 0 Å². The molecule has 3 heteroatoms. The van der Waals surface area contributed by atoms with Gasteiger partial charge in [-0.3, -0.25) is 0 Å². The summed E-state index contributed by atoms with van der Waals surface area (Å²) < 4.78 is 5.04. The number of ether oxygens (including phenoxy) is 1. The second-order valence-electron chi connectivity index (χ2n) is 3.32. The van der Waals surface area contributed by atoms with Gasteiger partial charge in [-0.2, -0.15) is 0 Å². The Morgan fingerprint density at radius 1 is 1.50 bits per heavy atom. The van der Waals surface area contributed by atoms with Crippen LogP contribution in [0.2, 0.25) is 0 Å². The maximum Gasteiger partial charge on any atom is 0.407 e. The molecule has 0 radical (unpaired) electrons. The van der Waals surface area contributed by atoms with Gasteiger partial charge in [0.25, 0.3) is 0 Å². The number of amides is 1. The number of hydrogen-bond acceptors (Lipinski definition) is 2. The van der Waals surface area contributed by atoms with Crippen molar-refractivity contribution in [2.45, 2.75) is 45.6 Å². The molecule has 14 heavy (non-hydrogen) atoms. The van der Waals surface area contributed by atoms with Crippen LogP contribution in [-0.4, -0.2) is 19.2 Å². The summed E-state index contributed by atoms with van der Waals surface area (Å²) in [6, 6.07) is 0. The number of allylic oxidation sites excluding steroid dienone is 2. The van der Waals surface area contributed by atoms with Crippen LogP contribution in [0, 0.1) is 0 Å². The summed E-state index contributed by atoms with van der Waals surface area (Å²) in [7, 11) is 1.57. The quantitative estimate of drug-likeness (QED) is 0.527. The van der Waals surface area contributed by atoms with E-state index in [-0.39, 0.29) is 12.2 Å². The molecule has 3 nitrogen and oxygen atoms in total. The third kappa shape index (κ3) is 7.65. The Morgan fingerprint density at radius 3 is 2.79 bits per heavy atom. The summed E-state index contributed by atoms with van der Waals surface area (Å²) in [5, 5.41) is 2.43. The molecule has 0 rings (SSSR count). The fourth-order valence-electron chi connectivity index (χ4n) is 1.16. The van der Waals surface area contributed by atoms with Crippen LogP contribution in [0.1, 0.15) is 39.5 Å². The van der Waals surface area contributed by atoms with Gasteiger partial charge in [-0.1, -0.05) is 12.2 Å². The molecule has 0 aromatic carbocycles. The molecule has 1 unspecified atom stereocenters. The molecule has 0 aliphatic carbocycles. The van der Waals surface area contributed by atoms with Crippen molar-refractivity contribution in [3.8, 4) is 0 Å². The van der Waals surface area contributed by atoms with Crippen molar-refractivity contribution in [2.75, 3.05) is 7.05 Å². The van der Waals surface area contributed by atoms with Gasteiger partial charge in [-0.15, -0.1) is 0 Å². The Kier molecular flexibility index (Phi) is 7.99. The number of hydrogen-bond donors (Lipinski definition) is 1. The lowest BCUT2D eigenvalue weighted by Crippen LogP contribution is -2.24. The molecule has 82 valence electrons. The minimum absolute atomic E-state index is 0.0144. The first-order valence-electron chi connectivity index (χ1n) is 5.20. The van der Waals surface area contributed by atoms with Crippen LogP contribution in [0.5, 0.6) is 0 Å².